The van der Waals surface area contributed by atoms with Gasteiger partial charge in [-0.3, -0.25) is 0 Å². The molecule has 0 bridgehead atoms. The number of rotatable bonds is 2. The minimum Gasteiger partial charge on any atom is -0.394 e. The van der Waals surface area contributed by atoms with Crippen molar-refractivity contribution in [2.75, 3.05) is 31.2 Å². The summed E-state index contributed by atoms with van der Waals surface area (Å²) in [6, 6.07) is 0. The van der Waals surface area contributed by atoms with Gasteiger partial charge in [-0.25, -0.2) is 9.97 Å². The number of fused-ring (bicyclic) bond motifs is 1. The van der Waals surface area contributed by atoms with Crippen LogP contribution in [-0.2, 0) is 17.6 Å². The van der Waals surface area contributed by atoms with E-state index in [1.165, 1.54) is 17.7 Å². The predicted octanol–water partition coefficient (Wildman–Crippen LogP) is 0.163. The third-order valence-electron chi connectivity index (χ3n) is 3.49. The van der Waals surface area contributed by atoms with Crippen molar-refractivity contribution >= 4 is 5.82 Å². The number of aliphatic hydroxyl groups excluding tert-OH is 1. The summed E-state index contributed by atoms with van der Waals surface area (Å²) >= 11 is 0. The van der Waals surface area contributed by atoms with Gasteiger partial charge in [-0.05, 0) is 19.3 Å². The fourth-order valence-electron chi connectivity index (χ4n) is 2.64. The van der Waals surface area contributed by atoms with E-state index >= 15 is 0 Å². The zero-order valence-corrected chi connectivity index (χ0v) is 9.80. The Hall–Kier alpha value is -1.20. The van der Waals surface area contributed by atoms with Crippen molar-refractivity contribution < 1.29 is 9.84 Å². The molecule has 0 amide bonds. The third kappa shape index (κ3) is 2.00. The smallest absolute Gasteiger partial charge is 0.135 e. The van der Waals surface area contributed by atoms with E-state index in [1.54, 1.807) is 6.33 Å². The lowest BCUT2D eigenvalue weighted by molar-refractivity contribution is 0.00331. The van der Waals surface area contributed by atoms with Crippen LogP contribution >= 0.6 is 0 Å². The van der Waals surface area contributed by atoms with Gasteiger partial charge in [-0.2, -0.15) is 0 Å². The fraction of sp³-hybridized carbons (Fsp3) is 0.667. The van der Waals surface area contributed by atoms with E-state index in [-0.39, 0.29) is 12.7 Å². The van der Waals surface area contributed by atoms with E-state index in [2.05, 4.69) is 14.9 Å². The maximum absolute atomic E-state index is 9.16. The van der Waals surface area contributed by atoms with Crippen LogP contribution in [0.5, 0.6) is 0 Å². The van der Waals surface area contributed by atoms with Crippen molar-refractivity contribution in [1.82, 2.24) is 9.97 Å². The maximum Gasteiger partial charge on any atom is 0.135 e. The Labute approximate surface area is 100 Å². The van der Waals surface area contributed by atoms with Crippen LogP contribution in [0.15, 0.2) is 6.33 Å². The fourth-order valence-corrected chi connectivity index (χ4v) is 2.64. The molecule has 1 aromatic rings. The molecule has 3 rings (SSSR count). The lowest BCUT2D eigenvalue weighted by Crippen LogP contribution is -2.44. The highest BCUT2D eigenvalue weighted by molar-refractivity contribution is 5.50. The molecular formula is C12H17N3O2. The van der Waals surface area contributed by atoms with E-state index in [4.69, 9.17) is 9.84 Å². The van der Waals surface area contributed by atoms with Gasteiger partial charge in [-0.1, -0.05) is 0 Å². The van der Waals surface area contributed by atoms with Gasteiger partial charge in [0.1, 0.15) is 12.1 Å². The maximum atomic E-state index is 9.16. The number of anilines is 1. The number of hydrogen-bond donors (Lipinski definition) is 1. The standard InChI is InChI=1S/C12H17N3O2/c16-7-9-6-15(4-5-17-9)12-10-2-1-3-11(10)13-8-14-12/h8-9,16H,1-7H2. The highest BCUT2D eigenvalue weighted by Gasteiger charge is 2.25. The number of ether oxygens (including phenoxy) is 1. The molecule has 2 heterocycles. The molecule has 1 aliphatic heterocycles. The van der Waals surface area contributed by atoms with Gasteiger partial charge in [0.2, 0.25) is 0 Å². The van der Waals surface area contributed by atoms with Crippen LogP contribution < -0.4 is 4.90 Å². The number of morpholine rings is 1. The molecule has 1 saturated heterocycles. The van der Waals surface area contributed by atoms with E-state index in [0.29, 0.717) is 6.61 Å². The first-order chi connectivity index (χ1) is 8.38. The van der Waals surface area contributed by atoms with Crippen molar-refractivity contribution in [3.05, 3.63) is 17.6 Å². The van der Waals surface area contributed by atoms with Gasteiger partial charge in [-0.15, -0.1) is 0 Å². The largest absolute Gasteiger partial charge is 0.394 e. The molecule has 2 aliphatic rings. The van der Waals surface area contributed by atoms with Crippen molar-refractivity contribution in [1.29, 1.82) is 0 Å². The SMILES string of the molecule is OCC1CN(c2ncnc3c2CCC3)CCO1. The zero-order chi connectivity index (χ0) is 11.7. The molecule has 0 radical (unpaired) electrons. The molecule has 92 valence electrons. The van der Waals surface area contributed by atoms with Gasteiger partial charge in [0, 0.05) is 24.3 Å². The zero-order valence-electron chi connectivity index (χ0n) is 9.80. The second-order valence-corrected chi connectivity index (χ2v) is 4.60. The van der Waals surface area contributed by atoms with E-state index in [9.17, 15) is 0 Å². The summed E-state index contributed by atoms with van der Waals surface area (Å²) in [6.45, 7) is 2.30. The highest BCUT2D eigenvalue weighted by Crippen LogP contribution is 2.28. The van der Waals surface area contributed by atoms with Crippen molar-refractivity contribution in [3.8, 4) is 0 Å². The molecule has 5 heteroatoms. The quantitative estimate of drug-likeness (QED) is 0.791. The van der Waals surface area contributed by atoms with Crippen molar-refractivity contribution in [3.63, 3.8) is 0 Å². The summed E-state index contributed by atoms with van der Waals surface area (Å²) in [5.41, 5.74) is 2.49. The van der Waals surface area contributed by atoms with Gasteiger partial charge >= 0.3 is 0 Å². The molecule has 1 aromatic heterocycles. The Bertz CT molecular complexity index is 411. The molecule has 1 atom stereocenters. The van der Waals surface area contributed by atoms with Crippen LogP contribution in [0.25, 0.3) is 0 Å². The average molecular weight is 235 g/mol. The summed E-state index contributed by atoms with van der Waals surface area (Å²) < 4.78 is 5.46. The summed E-state index contributed by atoms with van der Waals surface area (Å²) in [7, 11) is 0. The average Bonchev–Trinajstić information content (AvgIpc) is 2.87. The van der Waals surface area contributed by atoms with Crippen LogP contribution in [0.4, 0.5) is 5.82 Å². The molecule has 5 nitrogen and oxygen atoms in total. The molecule has 17 heavy (non-hydrogen) atoms. The molecule has 1 N–H and O–H groups in total. The number of hydrogen-bond acceptors (Lipinski definition) is 5. The molecule has 1 fully saturated rings. The summed E-state index contributed by atoms with van der Waals surface area (Å²) in [4.78, 5) is 11.0. The van der Waals surface area contributed by atoms with Crippen LogP contribution in [-0.4, -0.2) is 47.5 Å². The van der Waals surface area contributed by atoms with Crippen LogP contribution in [0.3, 0.4) is 0 Å². The summed E-state index contributed by atoms with van der Waals surface area (Å²) in [5.74, 6) is 1.05. The first-order valence-electron chi connectivity index (χ1n) is 6.18. The summed E-state index contributed by atoms with van der Waals surface area (Å²) in [6.07, 6.45) is 4.89. The van der Waals surface area contributed by atoms with Crippen LogP contribution in [0.1, 0.15) is 17.7 Å². The Morgan fingerprint density at radius 3 is 3.24 bits per heavy atom. The van der Waals surface area contributed by atoms with Gasteiger partial charge in [0.05, 0.1) is 19.3 Å². The molecule has 0 aromatic carbocycles. The van der Waals surface area contributed by atoms with Crippen LogP contribution in [0.2, 0.25) is 0 Å². The minimum absolute atomic E-state index is 0.0732. The Balaban J connectivity index is 1.86. The summed E-state index contributed by atoms with van der Waals surface area (Å²) in [5, 5.41) is 9.16. The van der Waals surface area contributed by atoms with E-state index in [1.807, 2.05) is 0 Å². The van der Waals surface area contributed by atoms with Gasteiger partial charge in [0.25, 0.3) is 0 Å². The molecule has 1 unspecified atom stereocenters. The van der Waals surface area contributed by atoms with E-state index in [0.717, 1.165) is 31.7 Å². The topological polar surface area (TPSA) is 58.5 Å². The third-order valence-corrected chi connectivity index (χ3v) is 3.49. The number of aromatic nitrogens is 2. The number of aryl methyl sites for hydroxylation is 1. The Morgan fingerprint density at radius 1 is 1.41 bits per heavy atom. The number of nitrogens with zero attached hydrogens (tertiary/aromatic N) is 3. The number of aliphatic hydroxyl groups is 1. The monoisotopic (exact) mass is 235 g/mol. The normalized spacial score (nSPS) is 23.8. The Morgan fingerprint density at radius 2 is 2.35 bits per heavy atom. The van der Waals surface area contributed by atoms with Gasteiger partial charge in [0.15, 0.2) is 0 Å². The lowest BCUT2D eigenvalue weighted by atomic mass is 10.2. The molecule has 1 aliphatic carbocycles. The first-order valence-corrected chi connectivity index (χ1v) is 6.18. The highest BCUT2D eigenvalue weighted by atomic mass is 16.5. The lowest BCUT2D eigenvalue weighted by Gasteiger charge is -2.33. The van der Waals surface area contributed by atoms with Crippen molar-refractivity contribution in [2.45, 2.75) is 25.4 Å². The van der Waals surface area contributed by atoms with Gasteiger partial charge < -0.3 is 14.7 Å². The molecule has 0 saturated carbocycles. The second kappa shape index (κ2) is 4.58. The Kier molecular flexibility index (Phi) is 2.94. The molecule has 0 spiro atoms. The minimum atomic E-state index is -0.0873. The first kappa shape index (κ1) is 10.9. The predicted molar refractivity (Wildman–Crippen MR) is 63.1 cm³/mol. The van der Waals surface area contributed by atoms with Crippen LogP contribution in [0, 0.1) is 0 Å². The van der Waals surface area contributed by atoms with E-state index < -0.39 is 0 Å². The second-order valence-electron chi connectivity index (χ2n) is 4.60. The van der Waals surface area contributed by atoms with Crippen molar-refractivity contribution in [2.24, 2.45) is 0 Å². The molecular weight excluding hydrogens is 218 g/mol.